The van der Waals surface area contributed by atoms with Crippen molar-refractivity contribution in [2.24, 2.45) is 0 Å². The third-order valence-corrected chi connectivity index (χ3v) is 5.55. The summed E-state index contributed by atoms with van der Waals surface area (Å²) >= 11 is 0. The average Bonchev–Trinajstić information content (AvgIpc) is 3.13. The molecule has 190 valence electrons. The minimum Gasteiger partial charge on any atom is -0.507 e. The predicted octanol–water partition coefficient (Wildman–Crippen LogP) is 5.13. The van der Waals surface area contributed by atoms with E-state index >= 15 is 0 Å². The van der Waals surface area contributed by atoms with Gasteiger partial charge in [0.2, 0.25) is 0 Å². The molecule has 1 atom stereocenters. The number of methoxy groups -OCH3 is 1. The maximum Gasteiger partial charge on any atom is 0.573 e. The molecule has 1 heterocycles. The number of nitrogens with zero attached hydrogens (tertiary/aromatic N) is 2. The molecule has 0 aliphatic carbocycles. The van der Waals surface area contributed by atoms with Crippen LogP contribution in [0.25, 0.3) is 5.76 Å². The van der Waals surface area contributed by atoms with Gasteiger partial charge in [-0.1, -0.05) is 12.1 Å². The molecular weight excluding hydrogens is 497 g/mol. The number of halogens is 3. The molecule has 1 fully saturated rings. The van der Waals surface area contributed by atoms with Crippen LogP contribution < -0.4 is 14.4 Å². The number of rotatable bonds is 6. The number of aliphatic hydroxyl groups excluding tert-OH is 1. The number of alkyl halides is 3. The smallest absolute Gasteiger partial charge is 0.507 e. The number of amides is 1. The number of ketones is 1. The number of carbonyl (C=O) groups excluding carboxylic acids is 2. The van der Waals surface area contributed by atoms with Crippen LogP contribution in [0, 0.1) is 10.1 Å². The van der Waals surface area contributed by atoms with Gasteiger partial charge in [0.05, 0.1) is 23.6 Å². The molecule has 0 aromatic heterocycles. The first-order chi connectivity index (χ1) is 17.5. The molecule has 0 radical (unpaired) electrons. The van der Waals surface area contributed by atoms with Gasteiger partial charge in [0, 0.05) is 23.4 Å². The fourth-order valence-electron chi connectivity index (χ4n) is 3.93. The zero-order valence-electron chi connectivity index (χ0n) is 18.9. The van der Waals surface area contributed by atoms with Crippen molar-refractivity contribution in [3.8, 4) is 11.5 Å². The van der Waals surface area contributed by atoms with Gasteiger partial charge in [0.15, 0.2) is 0 Å². The summed E-state index contributed by atoms with van der Waals surface area (Å²) in [7, 11) is 1.41. The summed E-state index contributed by atoms with van der Waals surface area (Å²) in [5.74, 6) is -2.83. The number of aliphatic hydroxyl groups is 1. The Morgan fingerprint density at radius 2 is 1.65 bits per heavy atom. The van der Waals surface area contributed by atoms with Crippen LogP contribution in [0.3, 0.4) is 0 Å². The van der Waals surface area contributed by atoms with E-state index in [0.29, 0.717) is 11.3 Å². The highest BCUT2D eigenvalue weighted by Crippen LogP contribution is 2.43. The van der Waals surface area contributed by atoms with Gasteiger partial charge in [-0.3, -0.25) is 24.6 Å². The first-order valence-corrected chi connectivity index (χ1v) is 10.6. The molecule has 12 heteroatoms. The molecule has 0 spiro atoms. The monoisotopic (exact) mass is 514 g/mol. The zero-order valence-corrected chi connectivity index (χ0v) is 18.9. The number of benzene rings is 3. The predicted molar refractivity (Wildman–Crippen MR) is 124 cm³/mol. The number of anilines is 1. The lowest BCUT2D eigenvalue weighted by atomic mass is 9.95. The van der Waals surface area contributed by atoms with Crippen LogP contribution >= 0.6 is 0 Å². The number of non-ortho nitro benzene ring substituents is 1. The fourth-order valence-corrected chi connectivity index (χ4v) is 3.93. The molecule has 1 saturated heterocycles. The van der Waals surface area contributed by atoms with Crippen molar-refractivity contribution in [2.75, 3.05) is 12.0 Å². The van der Waals surface area contributed by atoms with Crippen LogP contribution in [0.5, 0.6) is 11.5 Å². The Kier molecular flexibility index (Phi) is 6.58. The molecular formula is C25H17F3N2O7. The maximum absolute atomic E-state index is 13.1. The Morgan fingerprint density at radius 3 is 2.22 bits per heavy atom. The van der Waals surface area contributed by atoms with E-state index < -0.39 is 40.5 Å². The molecule has 3 aromatic rings. The molecule has 1 amide bonds. The van der Waals surface area contributed by atoms with Crippen molar-refractivity contribution in [2.45, 2.75) is 12.4 Å². The van der Waals surface area contributed by atoms with Crippen molar-refractivity contribution in [1.82, 2.24) is 0 Å². The summed E-state index contributed by atoms with van der Waals surface area (Å²) < 4.78 is 46.8. The highest BCUT2D eigenvalue weighted by Gasteiger charge is 2.47. The molecule has 9 nitrogen and oxygen atoms in total. The summed E-state index contributed by atoms with van der Waals surface area (Å²) in [6, 6.07) is 14.2. The topological polar surface area (TPSA) is 119 Å². The molecule has 37 heavy (non-hydrogen) atoms. The summed E-state index contributed by atoms with van der Waals surface area (Å²) in [5, 5.41) is 22.0. The van der Waals surface area contributed by atoms with Crippen molar-refractivity contribution in [1.29, 1.82) is 0 Å². The largest absolute Gasteiger partial charge is 0.573 e. The minimum atomic E-state index is -4.92. The van der Waals surface area contributed by atoms with Gasteiger partial charge >= 0.3 is 6.36 Å². The Hall–Kier alpha value is -4.87. The Morgan fingerprint density at radius 1 is 1.00 bits per heavy atom. The van der Waals surface area contributed by atoms with Gasteiger partial charge in [0.1, 0.15) is 17.3 Å². The fraction of sp³-hybridized carbons (Fsp3) is 0.120. The van der Waals surface area contributed by atoms with Gasteiger partial charge in [-0.05, 0) is 54.1 Å². The molecule has 1 unspecified atom stereocenters. The maximum atomic E-state index is 13.1. The van der Waals surface area contributed by atoms with Gasteiger partial charge in [-0.15, -0.1) is 13.2 Å². The Bertz CT molecular complexity index is 1400. The molecule has 1 aliphatic rings. The molecule has 1 aliphatic heterocycles. The van der Waals surface area contributed by atoms with Crippen LogP contribution in [0.2, 0.25) is 0 Å². The van der Waals surface area contributed by atoms with Crippen LogP contribution in [0.15, 0.2) is 78.4 Å². The number of hydrogen-bond donors (Lipinski definition) is 1. The zero-order chi connectivity index (χ0) is 26.9. The van der Waals surface area contributed by atoms with E-state index in [-0.39, 0.29) is 22.5 Å². The SMILES string of the molecule is COc1cccc(C2/C(=C(/O)c3ccc([N+](=O)[O-])cc3)C(=O)C(=O)N2c2ccc(OC(F)(F)F)cc2)c1. The first kappa shape index (κ1) is 25.2. The van der Waals surface area contributed by atoms with Crippen LogP contribution in [0.4, 0.5) is 24.5 Å². The van der Waals surface area contributed by atoms with Crippen molar-refractivity contribution >= 4 is 28.8 Å². The van der Waals surface area contributed by atoms with Gasteiger partial charge in [-0.25, -0.2) is 0 Å². The van der Waals surface area contributed by atoms with Crippen LogP contribution in [0.1, 0.15) is 17.2 Å². The Labute approximate surface area is 207 Å². The molecule has 4 rings (SSSR count). The second-order valence-electron chi connectivity index (χ2n) is 7.79. The number of ether oxygens (including phenoxy) is 2. The normalized spacial score (nSPS) is 17.1. The quantitative estimate of drug-likeness (QED) is 0.159. The van der Waals surface area contributed by atoms with E-state index in [1.165, 1.54) is 37.4 Å². The van der Waals surface area contributed by atoms with E-state index in [9.17, 15) is 38.0 Å². The average molecular weight is 514 g/mol. The number of Topliss-reactive ketones (excluding diaryl/α,β-unsaturated/α-hetero) is 1. The van der Waals surface area contributed by atoms with Crippen LogP contribution in [-0.4, -0.2) is 35.2 Å². The molecule has 0 bridgehead atoms. The molecule has 1 N–H and O–H groups in total. The molecule has 3 aromatic carbocycles. The summed E-state index contributed by atoms with van der Waals surface area (Å²) in [6.07, 6.45) is -4.92. The number of nitro benzene ring substituents is 1. The third kappa shape index (κ3) is 5.08. The highest BCUT2D eigenvalue weighted by atomic mass is 19.4. The Balaban J connectivity index is 1.86. The van der Waals surface area contributed by atoms with Crippen molar-refractivity contribution < 1.29 is 42.3 Å². The summed E-state index contributed by atoms with van der Waals surface area (Å²) in [5.41, 5.74) is -0.0968. The van der Waals surface area contributed by atoms with E-state index in [0.717, 1.165) is 29.2 Å². The lowest BCUT2D eigenvalue weighted by Gasteiger charge is -2.26. The van der Waals surface area contributed by atoms with Gasteiger partial charge in [-0.2, -0.15) is 0 Å². The standard InChI is InChI=1S/C25H17F3N2O7/c1-36-19-4-2-3-15(13-19)21-20(22(31)14-5-7-17(8-6-14)30(34)35)23(32)24(33)29(21)16-9-11-18(12-10-16)37-25(26,27)28/h2-13,21,31H,1H3/b22-20-. The van der Waals surface area contributed by atoms with E-state index in [2.05, 4.69) is 4.74 Å². The first-order valence-electron chi connectivity index (χ1n) is 10.6. The van der Waals surface area contributed by atoms with Crippen molar-refractivity contribution in [3.05, 3.63) is 99.6 Å². The summed E-state index contributed by atoms with van der Waals surface area (Å²) in [6.45, 7) is 0. The summed E-state index contributed by atoms with van der Waals surface area (Å²) in [4.78, 5) is 37.7. The third-order valence-electron chi connectivity index (χ3n) is 5.55. The van der Waals surface area contributed by atoms with Crippen LogP contribution in [-0.2, 0) is 9.59 Å². The minimum absolute atomic E-state index is 0.0467. The lowest BCUT2D eigenvalue weighted by molar-refractivity contribution is -0.384. The van der Waals surface area contributed by atoms with Gasteiger partial charge in [0.25, 0.3) is 17.4 Å². The number of hydrogen-bond acceptors (Lipinski definition) is 7. The molecule has 0 saturated carbocycles. The highest BCUT2D eigenvalue weighted by molar-refractivity contribution is 6.51. The van der Waals surface area contributed by atoms with E-state index in [1.54, 1.807) is 18.2 Å². The number of nitro groups is 1. The van der Waals surface area contributed by atoms with E-state index in [1.807, 2.05) is 0 Å². The second kappa shape index (κ2) is 9.64. The van der Waals surface area contributed by atoms with E-state index in [4.69, 9.17) is 4.74 Å². The van der Waals surface area contributed by atoms with Crippen molar-refractivity contribution in [3.63, 3.8) is 0 Å². The number of carbonyl (C=O) groups is 2. The second-order valence-corrected chi connectivity index (χ2v) is 7.79. The van der Waals surface area contributed by atoms with Gasteiger partial charge < -0.3 is 14.6 Å². The lowest BCUT2D eigenvalue weighted by Crippen LogP contribution is -2.29.